The number of hydrogen-bond donors (Lipinski definition) is 3. The van der Waals surface area contributed by atoms with Gasteiger partial charge in [-0.05, 0) is 23.8 Å². The highest BCUT2D eigenvalue weighted by Crippen LogP contribution is 2.34. The normalized spacial score (nSPS) is 11.3. The number of nitrogens with one attached hydrogen (secondary N) is 1. The summed E-state index contributed by atoms with van der Waals surface area (Å²) in [6, 6.07) is 7.74. The molecule has 0 saturated heterocycles. The fraction of sp³-hybridized carbons (Fsp3) is 0.200. The van der Waals surface area contributed by atoms with Crippen molar-refractivity contribution in [3.05, 3.63) is 53.6 Å². The minimum absolute atomic E-state index is 0.117. The number of sulfonamides is 1. The number of methoxy groups -OCH3 is 2. The SMILES string of the molecule is COCCOc1cc(NS(=O)(=O)c2ccc(/C=C/C(=O)O)cc2)c(C(=O)O)cc1OC. The Morgan fingerprint density at radius 3 is 2.26 bits per heavy atom. The molecule has 11 heteroatoms. The third-order valence-electron chi connectivity index (χ3n) is 3.93. The summed E-state index contributed by atoms with van der Waals surface area (Å²) in [4.78, 5) is 22.1. The van der Waals surface area contributed by atoms with E-state index in [0.717, 1.165) is 12.1 Å². The maximum atomic E-state index is 12.8. The molecule has 0 aliphatic rings. The van der Waals surface area contributed by atoms with Crippen molar-refractivity contribution in [2.75, 3.05) is 32.2 Å². The number of aromatic carboxylic acids is 1. The van der Waals surface area contributed by atoms with Crippen LogP contribution in [0.3, 0.4) is 0 Å². The zero-order chi connectivity index (χ0) is 23.0. The molecule has 31 heavy (non-hydrogen) atoms. The van der Waals surface area contributed by atoms with Gasteiger partial charge in [0.1, 0.15) is 6.61 Å². The Labute approximate surface area is 178 Å². The second-order valence-corrected chi connectivity index (χ2v) is 7.72. The van der Waals surface area contributed by atoms with E-state index in [2.05, 4.69) is 4.72 Å². The lowest BCUT2D eigenvalue weighted by Gasteiger charge is -2.16. The number of anilines is 1. The summed E-state index contributed by atoms with van der Waals surface area (Å²) in [6.07, 6.45) is 2.23. The van der Waals surface area contributed by atoms with Crippen molar-refractivity contribution >= 4 is 33.7 Å². The smallest absolute Gasteiger partial charge is 0.337 e. The van der Waals surface area contributed by atoms with E-state index in [1.165, 1.54) is 50.6 Å². The summed E-state index contributed by atoms with van der Waals surface area (Å²) in [5.74, 6) is -2.25. The van der Waals surface area contributed by atoms with Gasteiger partial charge >= 0.3 is 11.9 Å². The molecule has 0 atom stereocenters. The van der Waals surface area contributed by atoms with Crippen LogP contribution in [0, 0.1) is 0 Å². The number of rotatable bonds is 11. The van der Waals surface area contributed by atoms with Crippen LogP contribution in [0.4, 0.5) is 5.69 Å². The van der Waals surface area contributed by atoms with E-state index in [9.17, 15) is 23.1 Å². The number of hydrogen-bond acceptors (Lipinski definition) is 7. The van der Waals surface area contributed by atoms with Crippen molar-refractivity contribution in [1.29, 1.82) is 0 Å². The van der Waals surface area contributed by atoms with E-state index < -0.39 is 22.0 Å². The highest BCUT2D eigenvalue weighted by molar-refractivity contribution is 7.92. The van der Waals surface area contributed by atoms with Crippen molar-refractivity contribution < 1.29 is 42.4 Å². The van der Waals surface area contributed by atoms with Crippen molar-refractivity contribution in [2.24, 2.45) is 0 Å². The summed E-state index contributed by atoms with van der Waals surface area (Å²) in [6.45, 7) is 0.393. The summed E-state index contributed by atoms with van der Waals surface area (Å²) >= 11 is 0. The van der Waals surface area contributed by atoms with E-state index in [-0.39, 0.29) is 40.9 Å². The molecular formula is C20H21NO9S. The van der Waals surface area contributed by atoms with E-state index >= 15 is 0 Å². The monoisotopic (exact) mass is 451 g/mol. The quantitative estimate of drug-likeness (QED) is 0.346. The first-order valence-corrected chi connectivity index (χ1v) is 10.3. The molecule has 0 saturated carbocycles. The molecule has 0 amide bonds. The Morgan fingerprint density at radius 2 is 1.71 bits per heavy atom. The van der Waals surface area contributed by atoms with Gasteiger partial charge in [-0.2, -0.15) is 0 Å². The standard InChI is InChI=1S/C20H21NO9S/c1-28-9-10-30-18-12-16(15(20(24)25)11-17(18)29-2)21-31(26,27)14-6-3-13(4-7-14)5-8-19(22)23/h3-8,11-12,21H,9-10H2,1-2H3,(H,22,23)(H,24,25)/b8-5+. The lowest BCUT2D eigenvalue weighted by Crippen LogP contribution is -2.16. The largest absolute Gasteiger partial charge is 0.493 e. The van der Waals surface area contributed by atoms with Crippen LogP contribution in [0.25, 0.3) is 6.08 Å². The molecule has 3 N–H and O–H groups in total. The first-order valence-electron chi connectivity index (χ1n) is 8.79. The van der Waals surface area contributed by atoms with E-state index in [1.807, 2.05) is 0 Å². The van der Waals surface area contributed by atoms with E-state index in [1.54, 1.807) is 0 Å². The molecule has 2 aromatic carbocycles. The molecule has 0 bridgehead atoms. The van der Waals surface area contributed by atoms with Gasteiger partial charge in [0.2, 0.25) is 0 Å². The third-order valence-corrected chi connectivity index (χ3v) is 5.31. The van der Waals surface area contributed by atoms with Crippen LogP contribution >= 0.6 is 0 Å². The minimum Gasteiger partial charge on any atom is -0.493 e. The summed E-state index contributed by atoms with van der Waals surface area (Å²) < 4.78 is 43.3. The first kappa shape index (κ1) is 23.7. The third kappa shape index (κ3) is 6.46. The molecule has 0 unspecified atom stereocenters. The topological polar surface area (TPSA) is 148 Å². The van der Waals surface area contributed by atoms with Gasteiger partial charge in [0, 0.05) is 25.3 Å². The molecule has 0 aliphatic carbocycles. The molecule has 2 rings (SSSR count). The van der Waals surface area contributed by atoms with Gasteiger partial charge in [0.25, 0.3) is 10.0 Å². The van der Waals surface area contributed by atoms with Crippen molar-refractivity contribution in [2.45, 2.75) is 4.90 Å². The number of carbonyl (C=O) groups is 2. The molecule has 2 aromatic rings. The minimum atomic E-state index is -4.15. The van der Waals surface area contributed by atoms with Gasteiger partial charge in [-0.3, -0.25) is 4.72 Å². The molecule has 0 heterocycles. The van der Waals surface area contributed by atoms with Gasteiger partial charge in [-0.1, -0.05) is 12.1 Å². The predicted molar refractivity (Wildman–Crippen MR) is 111 cm³/mol. The van der Waals surface area contributed by atoms with Crippen molar-refractivity contribution in [1.82, 2.24) is 0 Å². The van der Waals surface area contributed by atoms with Crippen LogP contribution in [0.5, 0.6) is 11.5 Å². The Balaban J connectivity index is 2.38. The Morgan fingerprint density at radius 1 is 1.03 bits per heavy atom. The molecule has 0 radical (unpaired) electrons. The Kier molecular flexibility index (Phi) is 8.00. The van der Waals surface area contributed by atoms with E-state index in [0.29, 0.717) is 5.56 Å². The molecule has 0 aliphatic heterocycles. The Bertz CT molecular complexity index is 1080. The molecular weight excluding hydrogens is 430 g/mol. The van der Waals surface area contributed by atoms with Crippen LogP contribution in [-0.4, -0.2) is 58.0 Å². The van der Waals surface area contributed by atoms with Gasteiger partial charge in [0.15, 0.2) is 11.5 Å². The molecule has 0 fully saturated rings. The lowest BCUT2D eigenvalue weighted by atomic mass is 10.1. The van der Waals surface area contributed by atoms with Crippen LogP contribution < -0.4 is 14.2 Å². The number of carboxylic acids is 2. The average Bonchev–Trinajstić information content (AvgIpc) is 2.72. The summed E-state index contributed by atoms with van der Waals surface area (Å²) in [5, 5.41) is 18.1. The van der Waals surface area contributed by atoms with Crippen LogP contribution in [0.15, 0.2) is 47.4 Å². The number of carboxylic acid groups (broad SMARTS) is 2. The van der Waals surface area contributed by atoms with Gasteiger partial charge in [-0.25, -0.2) is 18.0 Å². The number of ether oxygens (including phenoxy) is 3. The zero-order valence-electron chi connectivity index (χ0n) is 16.7. The van der Waals surface area contributed by atoms with Crippen LogP contribution in [0.2, 0.25) is 0 Å². The highest BCUT2D eigenvalue weighted by Gasteiger charge is 2.22. The molecule has 10 nitrogen and oxygen atoms in total. The molecule has 166 valence electrons. The van der Waals surface area contributed by atoms with Crippen LogP contribution in [-0.2, 0) is 19.6 Å². The second kappa shape index (κ2) is 10.5. The number of benzene rings is 2. The fourth-order valence-electron chi connectivity index (χ4n) is 2.46. The maximum Gasteiger partial charge on any atom is 0.337 e. The molecule has 0 spiro atoms. The van der Waals surface area contributed by atoms with Crippen LogP contribution in [0.1, 0.15) is 15.9 Å². The maximum absolute atomic E-state index is 12.8. The summed E-state index contributed by atoms with van der Waals surface area (Å²) in [5.41, 5.74) is -0.0676. The fourth-order valence-corrected chi connectivity index (χ4v) is 3.53. The number of aliphatic carboxylic acids is 1. The predicted octanol–water partition coefficient (Wildman–Crippen LogP) is 2.32. The second-order valence-electron chi connectivity index (χ2n) is 6.04. The molecule has 0 aromatic heterocycles. The zero-order valence-corrected chi connectivity index (χ0v) is 17.5. The Hall–Kier alpha value is -3.57. The first-order chi connectivity index (χ1) is 14.7. The summed E-state index contributed by atoms with van der Waals surface area (Å²) in [7, 11) is -1.34. The highest BCUT2D eigenvalue weighted by atomic mass is 32.2. The van der Waals surface area contributed by atoms with Gasteiger partial charge in [-0.15, -0.1) is 0 Å². The van der Waals surface area contributed by atoms with Crippen molar-refractivity contribution in [3.63, 3.8) is 0 Å². The average molecular weight is 451 g/mol. The van der Waals surface area contributed by atoms with Gasteiger partial charge in [0.05, 0.1) is 29.9 Å². The van der Waals surface area contributed by atoms with Gasteiger partial charge < -0.3 is 24.4 Å². The van der Waals surface area contributed by atoms with Crippen molar-refractivity contribution in [3.8, 4) is 11.5 Å². The lowest BCUT2D eigenvalue weighted by molar-refractivity contribution is -0.131. The van der Waals surface area contributed by atoms with E-state index in [4.69, 9.17) is 19.3 Å².